The number of carbonyl (C=O) groups excluding carboxylic acids is 1. The van der Waals surface area contributed by atoms with Crippen LogP contribution < -0.4 is 24.4 Å². The average Bonchev–Trinajstić information content (AvgIpc) is 3.69. The number of ether oxygens (including phenoxy) is 3. The summed E-state index contributed by atoms with van der Waals surface area (Å²) in [6, 6.07) is 25.5. The summed E-state index contributed by atoms with van der Waals surface area (Å²) in [5, 5.41) is 2.57. The third-order valence-electron chi connectivity index (χ3n) is 7.00. The molecule has 7 nitrogen and oxygen atoms in total. The lowest BCUT2D eigenvalue weighted by atomic mass is 9.97. The molecule has 0 bridgehead atoms. The molecule has 3 aromatic carbocycles. The molecular weight excluding hydrogens is 616 g/mol. The number of methoxy groups -OCH3 is 1. The molecule has 0 amide bonds. The van der Waals surface area contributed by atoms with Crippen LogP contribution in [0.25, 0.3) is 11.8 Å². The zero-order chi connectivity index (χ0) is 30.6. The van der Waals surface area contributed by atoms with Gasteiger partial charge in [-0.15, -0.1) is 11.3 Å². The summed E-state index contributed by atoms with van der Waals surface area (Å²) < 4.78 is 19.4. The summed E-state index contributed by atoms with van der Waals surface area (Å²) in [4.78, 5) is 33.9. The Labute approximate surface area is 266 Å². The van der Waals surface area contributed by atoms with Gasteiger partial charge < -0.3 is 14.2 Å². The van der Waals surface area contributed by atoms with Crippen LogP contribution in [0.1, 0.15) is 34.5 Å². The van der Waals surface area contributed by atoms with Crippen LogP contribution in [-0.2, 0) is 16.1 Å². The highest BCUT2D eigenvalue weighted by molar-refractivity contribution is 7.10. The number of hydrogen-bond donors (Lipinski definition) is 0. The number of thiazole rings is 1. The molecule has 1 aliphatic heterocycles. The minimum atomic E-state index is -0.700. The standard InChI is InChI=1S/C34H27ClN2O5S2/c1-3-41-33(39)28-29(22-9-5-4-6-10-22)36-34-37(30(28)26-13-8-18-43-26)32(38)27(44-34)19-23-11-7-12-25(40-2)31(23)42-20-21-14-16-24(35)17-15-21/h4-19,30H,3,20H2,1-2H3/b27-19-/t30-/m0/s1. The zero-order valence-electron chi connectivity index (χ0n) is 23.9. The fourth-order valence-corrected chi connectivity index (χ4v) is 6.94. The van der Waals surface area contributed by atoms with Gasteiger partial charge >= 0.3 is 5.97 Å². The highest BCUT2D eigenvalue weighted by Crippen LogP contribution is 2.37. The number of carbonyl (C=O) groups is 1. The number of benzene rings is 3. The lowest BCUT2D eigenvalue weighted by molar-refractivity contribution is -0.138. The van der Waals surface area contributed by atoms with E-state index in [4.69, 9.17) is 30.8 Å². The van der Waals surface area contributed by atoms with Crippen LogP contribution in [0.15, 0.2) is 106 Å². The van der Waals surface area contributed by atoms with E-state index in [1.54, 1.807) is 24.7 Å². The highest BCUT2D eigenvalue weighted by Gasteiger charge is 2.35. The van der Waals surface area contributed by atoms with Crippen molar-refractivity contribution in [2.75, 3.05) is 13.7 Å². The molecule has 0 saturated heterocycles. The third kappa shape index (κ3) is 5.86. The fourth-order valence-electron chi connectivity index (χ4n) is 5.00. The van der Waals surface area contributed by atoms with Crippen molar-refractivity contribution in [3.63, 3.8) is 0 Å². The number of halogens is 1. The van der Waals surface area contributed by atoms with Crippen LogP contribution in [0.4, 0.5) is 0 Å². The Bertz CT molecular complexity index is 2010. The smallest absolute Gasteiger partial charge is 0.338 e. The SMILES string of the molecule is CCOC(=O)C1=C(c2ccccc2)N=c2s/c(=C\c3cccc(OC)c3OCc3ccc(Cl)cc3)c(=O)n2[C@H]1c1cccs1. The maximum absolute atomic E-state index is 14.2. The van der Waals surface area contributed by atoms with Crippen LogP contribution in [0.3, 0.4) is 0 Å². The number of hydrogen-bond acceptors (Lipinski definition) is 8. The van der Waals surface area contributed by atoms with Crippen molar-refractivity contribution in [2.24, 2.45) is 4.99 Å². The second-order valence-corrected chi connectivity index (χ2v) is 12.2. The van der Waals surface area contributed by atoms with E-state index in [9.17, 15) is 9.59 Å². The summed E-state index contributed by atoms with van der Waals surface area (Å²) in [5.74, 6) is 0.532. The van der Waals surface area contributed by atoms with E-state index < -0.39 is 12.0 Å². The number of para-hydroxylation sites is 1. The number of rotatable bonds is 9. The third-order valence-corrected chi connectivity index (χ3v) is 9.16. The van der Waals surface area contributed by atoms with Crippen molar-refractivity contribution in [2.45, 2.75) is 19.6 Å². The molecule has 0 unspecified atom stereocenters. The molecule has 0 N–H and O–H groups in total. The minimum absolute atomic E-state index is 0.195. The van der Waals surface area contributed by atoms with Crippen molar-refractivity contribution < 1.29 is 19.0 Å². The Morgan fingerprint density at radius 1 is 1.02 bits per heavy atom. The first kappa shape index (κ1) is 29.6. The molecule has 2 aromatic heterocycles. The van der Waals surface area contributed by atoms with Crippen LogP contribution in [0.5, 0.6) is 11.5 Å². The van der Waals surface area contributed by atoms with E-state index in [1.165, 1.54) is 22.7 Å². The molecule has 44 heavy (non-hydrogen) atoms. The predicted molar refractivity (Wildman–Crippen MR) is 174 cm³/mol. The second kappa shape index (κ2) is 13.1. The van der Waals surface area contributed by atoms with Gasteiger partial charge in [-0.3, -0.25) is 9.36 Å². The van der Waals surface area contributed by atoms with E-state index in [0.717, 1.165) is 16.0 Å². The van der Waals surface area contributed by atoms with Gasteiger partial charge in [0.05, 0.1) is 29.5 Å². The van der Waals surface area contributed by atoms with E-state index in [1.807, 2.05) is 90.3 Å². The van der Waals surface area contributed by atoms with Crippen molar-refractivity contribution in [3.05, 3.63) is 142 Å². The molecule has 1 aliphatic rings. The number of thiophene rings is 1. The molecule has 10 heteroatoms. The number of fused-ring (bicyclic) bond motifs is 1. The fraction of sp³-hybridized carbons (Fsp3) is 0.147. The Morgan fingerprint density at radius 3 is 2.52 bits per heavy atom. The first-order valence-corrected chi connectivity index (χ1v) is 15.9. The van der Waals surface area contributed by atoms with Crippen molar-refractivity contribution in [1.82, 2.24) is 4.57 Å². The van der Waals surface area contributed by atoms with Gasteiger partial charge in [-0.25, -0.2) is 9.79 Å². The molecule has 0 radical (unpaired) electrons. The van der Waals surface area contributed by atoms with Gasteiger partial charge in [-0.05, 0) is 48.2 Å². The number of esters is 1. The molecule has 222 valence electrons. The molecule has 0 fully saturated rings. The van der Waals surface area contributed by atoms with Gasteiger partial charge in [0.25, 0.3) is 5.56 Å². The number of nitrogens with zero attached hydrogens (tertiary/aromatic N) is 2. The van der Waals surface area contributed by atoms with Crippen LogP contribution in [0.2, 0.25) is 5.02 Å². The highest BCUT2D eigenvalue weighted by atomic mass is 35.5. The van der Waals surface area contributed by atoms with E-state index >= 15 is 0 Å². The van der Waals surface area contributed by atoms with Gasteiger partial charge in [-0.2, -0.15) is 0 Å². The van der Waals surface area contributed by atoms with Crippen LogP contribution >= 0.6 is 34.3 Å². The predicted octanol–water partition coefficient (Wildman–Crippen LogP) is 6.24. The normalized spacial score (nSPS) is 14.6. The van der Waals surface area contributed by atoms with Crippen molar-refractivity contribution in [1.29, 1.82) is 0 Å². The Balaban J connectivity index is 1.52. The summed E-state index contributed by atoms with van der Waals surface area (Å²) in [6.07, 6.45) is 1.78. The molecule has 5 aromatic rings. The Kier molecular flexibility index (Phi) is 8.79. The lowest BCUT2D eigenvalue weighted by Crippen LogP contribution is -2.39. The Morgan fingerprint density at radius 2 is 1.82 bits per heavy atom. The van der Waals surface area contributed by atoms with Gasteiger partial charge in [0.1, 0.15) is 12.6 Å². The summed E-state index contributed by atoms with van der Waals surface area (Å²) >= 11 is 8.77. The van der Waals surface area contributed by atoms with Gasteiger partial charge in [0, 0.05) is 21.0 Å². The van der Waals surface area contributed by atoms with Crippen LogP contribution in [0, 0.1) is 0 Å². The van der Waals surface area contributed by atoms with E-state index in [-0.39, 0.29) is 18.8 Å². The zero-order valence-corrected chi connectivity index (χ0v) is 26.2. The average molecular weight is 643 g/mol. The lowest BCUT2D eigenvalue weighted by Gasteiger charge is -2.24. The summed E-state index contributed by atoms with van der Waals surface area (Å²) in [5.41, 5.74) is 2.91. The minimum Gasteiger partial charge on any atom is -0.493 e. The largest absolute Gasteiger partial charge is 0.493 e. The maximum atomic E-state index is 14.2. The van der Waals surface area contributed by atoms with E-state index in [0.29, 0.717) is 42.7 Å². The van der Waals surface area contributed by atoms with Crippen LogP contribution in [-0.4, -0.2) is 24.3 Å². The summed E-state index contributed by atoms with van der Waals surface area (Å²) in [6.45, 7) is 2.23. The summed E-state index contributed by atoms with van der Waals surface area (Å²) in [7, 11) is 1.57. The Hall–Kier alpha value is -4.44. The molecule has 0 saturated carbocycles. The topological polar surface area (TPSA) is 79.1 Å². The van der Waals surface area contributed by atoms with E-state index in [2.05, 4.69) is 0 Å². The van der Waals surface area contributed by atoms with Crippen molar-refractivity contribution in [3.8, 4) is 11.5 Å². The molecular formula is C34H27ClN2O5S2. The quantitative estimate of drug-likeness (QED) is 0.178. The van der Waals surface area contributed by atoms with Gasteiger partial charge in [0.2, 0.25) is 0 Å². The monoisotopic (exact) mass is 642 g/mol. The van der Waals surface area contributed by atoms with Gasteiger partial charge in [-0.1, -0.05) is 83.6 Å². The number of aromatic nitrogens is 1. The molecule has 3 heterocycles. The molecule has 1 atom stereocenters. The molecule has 0 spiro atoms. The first-order chi connectivity index (χ1) is 21.5. The maximum Gasteiger partial charge on any atom is 0.338 e. The molecule has 0 aliphatic carbocycles. The first-order valence-electron chi connectivity index (χ1n) is 13.8. The second-order valence-electron chi connectivity index (χ2n) is 9.74. The molecule has 6 rings (SSSR count). The van der Waals surface area contributed by atoms with Gasteiger partial charge in [0.15, 0.2) is 16.3 Å². The van der Waals surface area contributed by atoms with Crippen molar-refractivity contribution >= 4 is 52.0 Å².